The second-order valence-electron chi connectivity index (χ2n) is 6.21. The van der Waals surface area contributed by atoms with Gasteiger partial charge in [0.1, 0.15) is 5.82 Å². The number of carbonyl (C=O) groups is 1. The van der Waals surface area contributed by atoms with E-state index in [4.69, 9.17) is 4.98 Å². The van der Waals surface area contributed by atoms with Gasteiger partial charge in [0.25, 0.3) is 0 Å². The van der Waals surface area contributed by atoms with E-state index in [1.54, 1.807) is 19.3 Å². The van der Waals surface area contributed by atoms with Crippen molar-refractivity contribution in [3.63, 3.8) is 0 Å². The maximum Gasteiger partial charge on any atom is 0.219 e. The smallest absolute Gasteiger partial charge is 0.219 e. The van der Waals surface area contributed by atoms with Crippen LogP contribution in [0.2, 0.25) is 0 Å². The van der Waals surface area contributed by atoms with Gasteiger partial charge >= 0.3 is 0 Å². The molecule has 8 nitrogen and oxygen atoms in total. The fourth-order valence-corrected chi connectivity index (χ4v) is 3.69. The summed E-state index contributed by atoms with van der Waals surface area (Å²) in [5.74, 6) is 1.78. The number of pyridine rings is 1. The number of aromatic nitrogens is 5. The van der Waals surface area contributed by atoms with Crippen molar-refractivity contribution in [2.24, 2.45) is 7.05 Å². The van der Waals surface area contributed by atoms with E-state index in [0.29, 0.717) is 16.9 Å². The van der Waals surface area contributed by atoms with Crippen LogP contribution in [-0.4, -0.2) is 61.5 Å². The molecular formula is C17H18IN7O. The summed E-state index contributed by atoms with van der Waals surface area (Å²) in [6.45, 7) is 4.48. The summed E-state index contributed by atoms with van der Waals surface area (Å²) >= 11 is 2.14. The van der Waals surface area contributed by atoms with E-state index >= 15 is 0 Å². The Morgan fingerprint density at radius 2 is 1.77 bits per heavy atom. The molecule has 1 aliphatic rings. The molecule has 1 saturated heterocycles. The Bertz CT molecular complexity index is 964. The lowest BCUT2D eigenvalue weighted by Gasteiger charge is -2.34. The molecule has 4 rings (SSSR count). The van der Waals surface area contributed by atoms with Gasteiger partial charge in [0, 0.05) is 80.7 Å². The van der Waals surface area contributed by atoms with Crippen LogP contribution in [0.3, 0.4) is 0 Å². The molecule has 0 saturated carbocycles. The molecule has 0 bridgehead atoms. The minimum Gasteiger partial charge on any atom is -0.351 e. The Hall–Kier alpha value is -2.30. The Balaban J connectivity index is 1.77. The number of nitrogens with zero attached hydrogens (tertiary/aromatic N) is 7. The van der Waals surface area contributed by atoms with E-state index in [9.17, 15) is 4.79 Å². The molecule has 0 aromatic carbocycles. The standard InChI is InChI=1S/C17H18IN7O/c1-11(26)24-7-9-25(10-8-24)16-13-15(21-17(18)22-16)23(2)14(20-13)12-3-5-19-6-4-12/h3-6H,7-10H2,1-2H3. The highest BCUT2D eigenvalue weighted by Crippen LogP contribution is 2.29. The lowest BCUT2D eigenvalue weighted by Crippen LogP contribution is -2.48. The summed E-state index contributed by atoms with van der Waals surface area (Å²) in [7, 11) is 1.96. The van der Waals surface area contributed by atoms with Gasteiger partial charge in [0.15, 0.2) is 20.8 Å². The molecule has 0 atom stereocenters. The number of hydrogen-bond acceptors (Lipinski definition) is 6. The molecule has 26 heavy (non-hydrogen) atoms. The van der Waals surface area contributed by atoms with E-state index in [0.717, 1.165) is 41.5 Å². The van der Waals surface area contributed by atoms with Crippen LogP contribution in [0.1, 0.15) is 6.92 Å². The molecule has 1 amide bonds. The zero-order valence-electron chi connectivity index (χ0n) is 14.6. The average Bonchev–Trinajstić information content (AvgIpc) is 2.99. The summed E-state index contributed by atoms with van der Waals surface area (Å²) in [5.41, 5.74) is 2.58. The van der Waals surface area contributed by atoms with Crippen LogP contribution in [0.4, 0.5) is 5.82 Å². The first kappa shape index (κ1) is 17.1. The first-order valence-corrected chi connectivity index (χ1v) is 9.43. The minimum absolute atomic E-state index is 0.116. The van der Waals surface area contributed by atoms with Crippen LogP contribution in [0.25, 0.3) is 22.6 Å². The first-order chi connectivity index (χ1) is 12.5. The lowest BCUT2D eigenvalue weighted by molar-refractivity contribution is -0.129. The molecule has 3 aromatic heterocycles. The number of imidazole rings is 1. The molecule has 0 N–H and O–H groups in total. The number of amides is 1. The topological polar surface area (TPSA) is 80.0 Å². The lowest BCUT2D eigenvalue weighted by atomic mass is 10.2. The van der Waals surface area contributed by atoms with Gasteiger partial charge in [-0.2, -0.15) is 0 Å². The third-order valence-corrected chi connectivity index (χ3v) is 5.12. The molecule has 0 radical (unpaired) electrons. The van der Waals surface area contributed by atoms with E-state index in [1.165, 1.54) is 0 Å². The maximum absolute atomic E-state index is 11.6. The molecule has 0 spiro atoms. The number of rotatable bonds is 2. The number of hydrogen-bond donors (Lipinski definition) is 0. The van der Waals surface area contributed by atoms with Crippen LogP contribution < -0.4 is 4.90 Å². The Labute approximate surface area is 164 Å². The van der Waals surface area contributed by atoms with Crippen LogP contribution in [0.15, 0.2) is 24.5 Å². The van der Waals surface area contributed by atoms with Gasteiger partial charge in [0.2, 0.25) is 5.91 Å². The summed E-state index contributed by atoms with van der Waals surface area (Å²) in [6.07, 6.45) is 3.51. The van der Waals surface area contributed by atoms with Gasteiger partial charge in [0.05, 0.1) is 0 Å². The number of halogens is 1. The molecular weight excluding hydrogens is 445 g/mol. The Morgan fingerprint density at radius 1 is 1.08 bits per heavy atom. The highest BCUT2D eigenvalue weighted by molar-refractivity contribution is 14.1. The van der Waals surface area contributed by atoms with Gasteiger partial charge in [-0.3, -0.25) is 9.78 Å². The fourth-order valence-electron chi connectivity index (χ4n) is 3.23. The second-order valence-corrected chi connectivity index (χ2v) is 7.18. The van der Waals surface area contributed by atoms with Crippen molar-refractivity contribution in [3.8, 4) is 11.4 Å². The van der Waals surface area contributed by atoms with E-state index in [2.05, 4.69) is 42.4 Å². The van der Waals surface area contributed by atoms with Crippen LogP contribution in [0, 0.1) is 3.83 Å². The predicted octanol–water partition coefficient (Wildman–Crippen LogP) is 1.70. The van der Waals surface area contributed by atoms with E-state index in [-0.39, 0.29) is 5.91 Å². The van der Waals surface area contributed by atoms with Crippen LogP contribution in [-0.2, 0) is 11.8 Å². The minimum atomic E-state index is 0.116. The van der Waals surface area contributed by atoms with Crippen LogP contribution >= 0.6 is 22.6 Å². The monoisotopic (exact) mass is 463 g/mol. The van der Waals surface area contributed by atoms with Crippen molar-refractivity contribution in [2.75, 3.05) is 31.1 Å². The highest BCUT2D eigenvalue weighted by Gasteiger charge is 2.24. The summed E-state index contributed by atoms with van der Waals surface area (Å²) < 4.78 is 2.67. The zero-order valence-corrected chi connectivity index (χ0v) is 16.7. The fraction of sp³-hybridized carbons (Fsp3) is 0.353. The third kappa shape index (κ3) is 3.00. The van der Waals surface area contributed by atoms with E-state index < -0.39 is 0 Å². The summed E-state index contributed by atoms with van der Waals surface area (Å²) in [5, 5.41) is 0. The molecule has 1 aliphatic heterocycles. The van der Waals surface area contributed by atoms with Crippen molar-refractivity contribution < 1.29 is 4.79 Å². The Kier molecular flexibility index (Phi) is 4.47. The largest absolute Gasteiger partial charge is 0.351 e. The average molecular weight is 463 g/mol. The number of carbonyl (C=O) groups excluding carboxylic acids is 1. The normalized spacial score (nSPS) is 14.9. The number of aryl methyl sites for hydroxylation is 1. The van der Waals surface area contributed by atoms with Crippen molar-refractivity contribution >= 4 is 45.5 Å². The second kappa shape index (κ2) is 6.78. The SMILES string of the molecule is CC(=O)N1CCN(c2nc(I)nc3c2nc(-c2ccncc2)n3C)CC1. The van der Waals surface area contributed by atoms with Crippen molar-refractivity contribution in [3.05, 3.63) is 28.4 Å². The van der Waals surface area contributed by atoms with Crippen molar-refractivity contribution in [2.45, 2.75) is 6.92 Å². The third-order valence-electron chi connectivity index (χ3n) is 4.64. The molecule has 3 aromatic rings. The number of piperazine rings is 1. The van der Waals surface area contributed by atoms with Gasteiger partial charge < -0.3 is 14.4 Å². The van der Waals surface area contributed by atoms with Gasteiger partial charge in [-0.25, -0.2) is 15.0 Å². The quantitative estimate of drug-likeness (QED) is 0.425. The Morgan fingerprint density at radius 3 is 2.42 bits per heavy atom. The van der Waals surface area contributed by atoms with Crippen molar-refractivity contribution in [1.29, 1.82) is 0 Å². The molecule has 1 fully saturated rings. The number of anilines is 1. The van der Waals surface area contributed by atoms with Gasteiger partial charge in [-0.1, -0.05) is 0 Å². The number of fused-ring (bicyclic) bond motifs is 1. The van der Waals surface area contributed by atoms with E-state index in [1.807, 2.05) is 28.6 Å². The summed E-state index contributed by atoms with van der Waals surface area (Å²) in [6, 6.07) is 3.87. The molecule has 4 heterocycles. The zero-order chi connectivity index (χ0) is 18.3. The van der Waals surface area contributed by atoms with Gasteiger partial charge in [-0.15, -0.1) is 0 Å². The first-order valence-electron chi connectivity index (χ1n) is 8.35. The van der Waals surface area contributed by atoms with Gasteiger partial charge in [-0.05, 0) is 12.1 Å². The van der Waals surface area contributed by atoms with Crippen LogP contribution in [0.5, 0.6) is 0 Å². The molecule has 9 heteroatoms. The van der Waals surface area contributed by atoms with Crippen molar-refractivity contribution in [1.82, 2.24) is 29.4 Å². The molecule has 0 aliphatic carbocycles. The summed E-state index contributed by atoms with van der Waals surface area (Å²) in [4.78, 5) is 33.8. The highest BCUT2D eigenvalue weighted by atomic mass is 127. The maximum atomic E-state index is 11.6. The molecule has 134 valence electrons. The predicted molar refractivity (Wildman–Crippen MR) is 107 cm³/mol. The molecule has 0 unspecified atom stereocenters.